The highest BCUT2D eigenvalue weighted by molar-refractivity contribution is 7.89. The molecule has 0 bridgehead atoms. The van der Waals surface area contributed by atoms with Gasteiger partial charge in [0.25, 0.3) is 0 Å². The van der Waals surface area contributed by atoms with Crippen LogP contribution in [-0.4, -0.2) is 26.2 Å². The summed E-state index contributed by atoms with van der Waals surface area (Å²) in [7, 11) is -3.98. The van der Waals surface area contributed by atoms with E-state index in [4.69, 9.17) is 5.11 Å². The van der Waals surface area contributed by atoms with Crippen molar-refractivity contribution in [1.29, 1.82) is 0 Å². The third kappa shape index (κ3) is 4.01. The van der Waals surface area contributed by atoms with Crippen LogP contribution in [0.15, 0.2) is 23.1 Å². The molecule has 1 unspecified atom stereocenters. The SMILES string of the molecule is CCC(CCO)NS(=O)(=O)c1cc(F)cc(F)c1. The summed E-state index contributed by atoms with van der Waals surface area (Å²) in [5.74, 6) is -1.91. The van der Waals surface area contributed by atoms with Crippen molar-refractivity contribution in [1.82, 2.24) is 4.72 Å². The molecule has 0 fully saturated rings. The van der Waals surface area contributed by atoms with E-state index in [9.17, 15) is 17.2 Å². The fourth-order valence-corrected chi connectivity index (χ4v) is 2.87. The van der Waals surface area contributed by atoms with Gasteiger partial charge >= 0.3 is 0 Å². The summed E-state index contributed by atoms with van der Waals surface area (Å²) in [6, 6.07) is 1.63. The Labute approximate surface area is 105 Å². The van der Waals surface area contributed by atoms with Gasteiger partial charge in [-0.05, 0) is 25.0 Å². The van der Waals surface area contributed by atoms with E-state index in [1.165, 1.54) is 0 Å². The van der Waals surface area contributed by atoms with Gasteiger partial charge in [-0.15, -0.1) is 0 Å². The smallest absolute Gasteiger partial charge is 0.241 e. The Balaban J connectivity index is 2.98. The molecule has 0 heterocycles. The molecule has 102 valence electrons. The van der Waals surface area contributed by atoms with Gasteiger partial charge in [0.05, 0.1) is 4.90 Å². The predicted octanol–water partition coefficient (Wildman–Crippen LogP) is 1.40. The monoisotopic (exact) mass is 279 g/mol. The molecular weight excluding hydrogens is 264 g/mol. The minimum absolute atomic E-state index is 0.168. The molecule has 0 radical (unpaired) electrons. The molecule has 1 rings (SSSR count). The molecule has 0 aliphatic carbocycles. The first kappa shape index (κ1) is 15.0. The van der Waals surface area contributed by atoms with Crippen molar-refractivity contribution >= 4 is 10.0 Å². The summed E-state index contributed by atoms with van der Waals surface area (Å²) in [6.07, 6.45) is 0.713. The maximum absolute atomic E-state index is 13.0. The predicted molar refractivity (Wildman–Crippen MR) is 62.5 cm³/mol. The third-order valence-electron chi connectivity index (χ3n) is 2.44. The number of benzene rings is 1. The van der Waals surface area contributed by atoms with Crippen LogP contribution in [0.5, 0.6) is 0 Å². The number of nitrogens with one attached hydrogen (secondary N) is 1. The molecule has 18 heavy (non-hydrogen) atoms. The Hall–Kier alpha value is -1.05. The molecule has 0 aliphatic rings. The van der Waals surface area contributed by atoms with E-state index in [-0.39, 0.29) is 13.0 Å². The number of aliphatic hydroxyl groups excluding tert-OH is 1. The van der Waals surface area contributed by atoms with Crippen LogP contribution in [0.25, 0.3) is 0 Å². The van der Waals surface area contributed by atoms with Crippen LogP contribution in [0.1, 0.15) is 19.8 Å². The van der Waals surface area contributed by atoms with Crippen LogP contribution in [0.4, 0.5) is 8.78 Å². The van der Waals surface area contributed by atoms with Crippen molar-refractivity contribution < 1.29 is 22.3 Å². The van der Waals surface area contributed by atoms with Gasteiger partial charge in [-0.1, -0.05) is 6.92 Å². The molecule has 0 spiro atoms. The van der Waals surface area contributed by atoms with Gasteiger partial charge in [-0.25, -0.2) is 21.9 Å². The molecule has 0 aromatic heterocycles. The van der Waals surface area contributed by atoms with Crippen molar-refractivity contribution in [3.63, 3.8) is 0 Å². The minimum Gasteiger partial charge on any atom is -0.396 e. The topological polar surface area (TPSA) is 66.4 Å². The average Bonchev–Trinajstić information content (AvgIpc) is 2.27. The van der Waals surface area contributed by atoms with Gasteiger partial charge < -0.3 is 5.11 Å². The standard InChI is InChI=1S/C11H15F2NO3S/c1-2-10(3-4-15)14-18(16,17)11-6-8(12)5-9(13)7-11/h5-7,10,14-15H,2-4H2,1H3. The Bertz CT molecular complexity index is 485. The maximum atomic E-state index is 13.0. The molecule has 1 atom stereocenters. The Morgan fingerprint density at radius 3 is 2.28 bits per heavy atom. The molecule has 7 heteroatoms. The Morgan fingerprint density at radius 1 is 1.28 bits per heavy atom. The highest BCUT2D eigenvalue weighted by atomic mass is 32.2. The van der Waals surface area contributed by atoms with E-state index in [1.54, 1.807) is 6.92 Å². The molecule has 2 N–H and O–H groups in total. The summed E-state index contributed by atoms with van der Waals surface area (Å²) < 4.78 is 51.9. The number of aliphatic hydroxyl groups is 1. The van der Waals surface area contributed by atoms with Crippen LogP contribution in [-0.2, 0) is 10.0 Å². The number of rotatable bonds is 6. The highest BCUT2D eigenvalue weighted by Gasteiger charge is 2.20. The summed E-state index contributed by atoms with van der Waals surface area (Å²) in [6.45, 7) is 1.58. The zero-order valence-corrected chi connectivity index (χ0v) is 10.7. The van der Waals surface area contributed by atoms with Gasteiger partial charge in [-0.3, -0.25) is 0 Å². The first-order valence-electron chi connectivity index (χ1n) is 5.48. The van der Waals surface area contributed by atoms with Crippen molar-refractivity contribution in [2.45, 2.75) is 30.7 Å². The number of hydrogen-bond acceptors (Lipinski definition) is 3. The fourth-order valence-electron chi connectivity index (χ4n) is 1.47. The number of hydrogen-bond donors (Lipinski definition) is 2. The van der Waals surface area contributed by atoms with Crippen LogP contribution < -0.4 is 4.72 Å². The average molecular weight is 279 g/mol. The zero-order valence-electron chi connectivity index (χ0n) is 9.86. The Kier molecular flexibility index (Phi) is 5.18. The second-order valence-electron chi connectivity index (χ2n) is 3.84. The van der Waals surface area contributed by atoms with Crippen molar-refractivity contribution in [3.05, 3.63) is 29.8 Å². The summed E-state index contributed by atoms with van der Waals surface area (Å²) in [5, 5.41) is 8.77. The fraction of sp³-hybridized carbons (Fsp3) is 0.455. The van der Waals surface area contributed by atoms with E-state index in [1.807, 2.05) is 0 Å². The zero-order chi connectivity index (χ0) is 13.8. The molecule has 0 aliphatic heterocycles. The molecule has 1 aromatic rings. The maximum Gasteiger partial charge on any atom is 0.241 e. The van der Waals surface area contributed by atoms with Gasteiger partial charge in [0.2, 0.25) is 10.0 Å². The molecule has 1 aromatic carbocycles. The van der Waals surface area contributed by atoms with Crippen LogP contribution >= 0.6 is 0 Å². The molecule has 0 saturated carbocycles. The summed E-state index contributed by atoms with van der Waals surface area (Å²) in [4.78, 5) is -0.462. The van der Waals surface area contributed by atoms with E-state index in [0.717, 1.165) is 12.1 Å². The molecule has 0 saturated heterocycles. The van der Waals surface area contributed by atoms with Crippen molar-refractivity contribution in [2.75, 3.05) is 6.61 Å². The van der Waals surface area contributed by atoms with E-state index < -0.39 is 32.6 Å². The van der Waals surface area contributed by atoms with Gasteiger partial charge in [0, 0.05) is 18.7 Å². The quantitative estimate of drug-likeness (QED) is 0.827. The lowest BCUT2D eigenvalue weighted by molar-refractivity contribution is 0.270. The largest absolute Gasteiger partial charge is 0.396 e. The van der Waals surface area contributed by atoms with Gasteiger partial charge in [-0.2, -0.15) is 0 Å². The number of halogens is 2. The lowest BCUT2D eigenvalue weighted by atomic mass is 10.2. The van der Waals surface area contributed by atoms with Crippen LogP contribution in [0, 0.1) is 11.6 Å². The minimum atomic E-state index is -3.98. The number of sulfonamides is 1. The van der Waals surface area contributed by atoms with Crippen molar-refractivity contribution in [3.8, 4) is 0 Å². The lowest BCUT2D eigenvalue weighted by Crippen LogP contribution is -2.35. The molecular formula is C11H15F2NO3S. The second kappa shape index (κ2) is 6.21. The van der Waals surface area contributed by atoms with Gasteiger partial charge in [0.15, 0.2) is 0 Å². The highest BCUT2D eigenvalue weighted by Crippen LogP contribution is 2.14. The van der Waals surface area contributed by atoms with Crippen molar-refractivity contribution in [2.24, 2.45) is 0 Å². The molecule has 0 amide bonds. The third-order valence-corrected chi connectivity index (χ3v) is 3.94. The van der Waals surface area contributed by atoms with E-state index >= 15 is 0 Å². The van der Waals surface area contributed by atoms with Gasteiger partial charge in [0.1, 0.15) is 11.6 Å². The molecule has 4 nitrogen and oxygen atoms in total. The Morgan fingerprint density at radius 2 is 1.83 bits per heavy atom. The summed E-state index contributed by atoms with van der Waals surface area (Å²) in [5.41, 5.74) is 0. The first-order valence-corrected chi connectivity index (χ1v) is 6.96. The van der Waals surface area contributed by atoms with E-state index in [0.29, 0.717) is 12.5 Å². The van der Waals surface area contributed by atoms with E-state index in [2.05, 4.69) is 4.72 Å². The normalized spacial score (nSPS) is 13.6. The second-order valence-corrected chi connectivity index (χ2v) is 5.56. The van der Waals surface area contributed by atoms with Crippen LogP contribution in [0.2, 0.25) is 0 Å². The first-order chi connectivity index (χ1) is 8.39. The van der Waals surface area contributed by atoms with Crippen LogP contribution in [0.3, 0.4) is 0 Å². The summed E-state index contributed by atoms with van der Waals surface area (Å²) >= 11 is 0. The lowest BCUT2D eigenvalue weighted by Gasteiger charge is -2.15.